The number of carbonyl (C=O) groups excluding carboxylic acids is 3. The minimum absolute atomic E-state index is 0.239. The van der Waals surface area contributed by atoms with Gasteiger partial charge in [0.25, 0.3) is 0 Å². The molecule has 3 atom stereocenters. The predicted octanol–water partition coefficient (Wildman–Crippen LogP) is -0.685. The van der Waals surface area contributed by atoms with E-state index in [9.17, 15) is 24.3 Å². The summed E-state index contributed by atoms with van der Waals surface area (Å²) >= 11 is 0. The maximum absolute atomic E-state index is 12.5. The van der Waals surface area contributed by atoms with Crippen LogP contribution < -0.4 is 27.4 Å². The molecule has 29 heavy (non-hydrogen) atoms. The van der Waals surface area contributed by atoms with Gasteiger partial charge in [-0.1, -0.05) is 27.7 Å². The zero-order valence-corrected chi connectivity index (χ0v) is 17.9. The first-order valence-corrected chi connectivity index (χ1v) is 10.0. The first kappa shape index (κ1) is 26.8. The highest BCUT2D eigenvalue weighted by Crippen LogP contribution is 2.06. The van der Waals surface area contributed by atoms with Gasteiger partial charge in [-0.3, -0.25) is 14.4 Å². The molecular weight excluding hydrogens is 378 g/mol. The summed E-state index contributed by atoms with van der Waals surface area (Å²) in [6, 6.07) is -2.70. The molecule has 3 unspecified atom stereocenters. The smallest absolute Gasteiger partial charge is 0.326 e. The number of nitrogens with one attached hydrogen (secondary N) is 3. The largest absolute Gasteiger partial charge is 0.480 e. The zero-order valence-electron chi connectivity index (χ0n) is 17.9. The lowest BCUT2D eigenvalue weighted by Crippen LogP contribution is -2.54. The number of carboxylic acid groups (broad SMARTS) is 1. The molecule has 8 N–H and O–H groups in total. The number of hydrogen-bond acceptors (Lipinski definition) is 6. The van der Waals surface area contributed by atoms with Gasteiger partial charge >= 0.3 is 5.97 Å². The predicted molar refractivity (Wildman–Crippen MR) is 110 cm³/mol. The minimum Gasteiger partial charge on any atom is -0.480 e. The Kier molecular flexibility index (Phi) is 12.8. The third-order valence-corrected chi connectivity index (χ3v) is 4.31. The maximum atomic E-state index is 12.5. The van der Waals surface area contributed by atoms with Crippen molar-refractivity contribution in [1.82, 2.24) is 16.0 Å². The van der Waals surface area contributed by atoms with Crippen LogP contribution in [0, 0.1) is 11.8 Å². The van der Waals surface area contributed by atoms with Crippen LogP contribution in [0.4, 0.5) is 0 Å². The number of amides is 3. The summed E-state index contributed by atoms with van der Waals surface area (Å²) in [7, 11) is 0. The van der Waals surface area contributed by atoms with E-state index in [1.165, 1.54) is 0 Å². The van der Waals surface area contributed by atoms with E-state index in [-0.39, 0.29) is 18.4 Å². The molecule has 10 nitrogen and oxygen atoms in total. The maximum Gasteiger partial charge on any atom is 0.326 e. The molecule has 0 spiro atoms. The molecule has 0 fully saturated rings. The van der Waals surface area contributed by atoms with E-state index in [4.69, 9.17) is 11.5 Å². The molecule has 0 saturated heterocycles. The van der Waals surface area contributed by atoms with Gasteiger partial charge in [-0.05, 0) is 44.1 Å². The molecule has 0 aliphatic carbocycles. The average molecular weight is 416 g/mol. The second-order valence-electron chi connectivity index (χ2n) is 7.93. The van der Waals surface area contributed by atoms with Crippen LogP contribution in [0.25, 0.3) is 0 Å². The van der Waals surface area contributed by atoms with E-state index < -0.39 is 41.8 Å². The Morgan fingerprint density at radius 3 is 2.07 bits per heavy atom. The molecule has 0 radical (unpaired) electrons. The molecular formula is C19H37N5O5. The standard InChI is InChI=1S/C19H37N5O5/c1-11(2)9-13(21)17(26)22-10-15(25)23-14(7-5-6-8-20)18(27)24-16(12(3)4)19(28)29/h11-14,16H,5-10,20-21H2,1-4H3,(H,22,26)(H,23,25)(H,24,27)(H,28,29). The van der Waals surface area contributed by atoms with Crippen LogP contribution in [-0.2, 0) is 19.2 Å². The second kappa shape index (κ2) is 13.9. The van der Waals surface area contributed by atoms with E-state index >= 15 is 0 Å². The van der Waals surface area contributed by atoms with Crippen molar-refractivity contribution in [1.29, 1.82) is 0 Å². The SMILES string of the molecule is CC(C)CC(N)C(=O)NCC(=O)NC(CCCCN)C(=O)NC(C(=O)O)C(C)C. The zero-order chi connectivity index (χ0) is 22.6. The van der Waals surface area contributed by atoms with Gasteiger partial charge in [0, 0.05) is 0 Å². The lowest BCUT2D eigenvalue weighted by atomic mass is 10.0. The van der Waals surface area contributed by atoms with Gasteiger partial charge in [-0.15, -0.1) is 0 Å². The molecule has 0 rings (SSSR count). The van der Waals surface area contributed by atoms with Crippen molar-refractivity contribution in [2.24, 2.45) is 23.3 Å². The van der Waals surface area contributed by atoms with Crippen LogP contribution in [-0.4, -0.2) is 60.0 Å². The Bertz CT molecular complexity index is 553. The Balaban J connectivity index is 4.86. The van der Waals surface area contributed by atoms with E-state index in [0.29, 0.717) is 32.2 Å². The van der Waals surface area contributed by atoms with Crippen molar-refractivity contribution >= 4 is 23.7 Å². The summed E-state index contributed by atoms with van der Waals surface area (Å²) in [4.78, 5) is 48.0. The summed E-state index contributed by atoms with van der Waals surface area (Å²) < 4.78 is 0. The van der Waals surface area contributed by atoms with E-state index in [1.54, 1.807) is 13.8 Å². The normalized spacial score (nSPS) is 14.2. The number of rotatable bonds is 14. The average Bonchev–Trinajstić information content (AvgIpc) is 2.61. The van der Waals surface area contributed by atoms with Crippen molar-refractivity contribution in [2.75, 3.05) is 13.1 Å². The molecule has 168 valence electrons. The number of aliphatic carboxylic acids is 1. The molecule has 0 saturated carbocycles. The molecule has 0 heterocycles. The second-order valence-corrected chi connectivity index (χ2v) is 7.93. The number of carboxylic acids is 1. The van der Waals surface area contributed by atoms with Crippen molar-refractivity contribution in [3.05, 3.63) is 0 Å². The Hall–Kier alpha value is -2.20. The Morgan fingerprint density at radius 1 is 0.966 bits per heavy atom. The third-order valence-electron chi connectivity index (χ3n) is 4.31. The fourth-order valence-electron chi connectivity index (χ4n) is 2.69. The van der Waals surface area contributed by atoms with E-state index in [2.05, 4.69) is 16.0 Å². The number of unbranched alkanes of at least 4 members (excludes halogenated alkanes) is 1. The number of nitrogens with two attached hydrogens (primary N) is 2. The molecule has 0 aromatic carbocycles. The summed E-state index contributed by atoms with van der Waals surface area (Å²) in [5, 5.41) is 16.7. The van der Waals surface area contributed by atoms with Crippen LogP contribution in [0.1, 0.15) is 53.4 Å². The third kappa shape index (κ3) is 11.4. The first-order valence-electron chi connectivity index (χ1n) is 10.0. The van der Waals surface area contributed by atoms with Gasteiger partial charge < -0.3 is 32.5 Å². The minimum atomic E-state index is -1.15. The van der Waals surface area contributed by atoms with Gasteiger partial charge in [-0.2, -0.15) is 0 Å². The van der Waals surface area contributed by atoms with Crippen molar-refractivity contribution in [3.8, 4) is 0 Å². The van der Waals surface area contributed by atoms with Crippen LogP contribution in [0.2, 0.25) is 0 Å². The Labute approximate surface area is 172 Å². The molecule has 0 aromatic rings. The molecule has 0 aliphatic heterocycles. The fraction of sp³-hybridized carbons (Fsp3) is 0.789. The lowest BCUT2D eigenvalue weighted by molar-refractivity contribution is -0.143. The fourth-order valence-corrected chi connectivity index (χ4v) is 2.69. The van der Waals surface area contributed by atoms with E-state index in [1.807, 2.05) is 13.8 Å². The van der Waals surface area contributed by atoms with Crippen LogP contribution >= 0.6 is 0 Å². The highest BCUT2D eigenvalue weighted by molar-refractivity contribution is 5.92. The monoisotopic (exact) mass is 415 g/mol. The number of hydrogen-bond donors (Lipinski definition) is 6. The van der Waals surface area contributed by atoms with Gasteiger partial charge in [0.15, 0.2) is 0 Å². The van der Waals surface area contributed by atoms with Gasteiger partial charge in [0.2, 0.25) is 17.7 Å². The molecule has 0 bridgehead atoms. The van der Waals surface area contributed by atoms with Gasteiger partial charge in [-0.25, -0.2) is 4.79 Å². The van der Waals surface area contributed by atoms with Gasteiger partial charge in [0.1, 0.15) is 12.1 Å². The highest BCUT2D eigenvalue weighted by Gasteiger charge is 2.28. The summed E-state index contributed by atoms with van der Waals surface area (Å²) in [5.74, 6) is -2.81. The molecule has 3 amide bonds. The topological polar surface area (TPSA) is 177 Å². The molecule has 0 aromatic heterocycles. The summed E-state index contributed by atoms with van der Waals surface area (Å²) in [6.45, 7) is 7.35. The quantitative estimate of drug-likeness (QED) is 0.203. The van der Waals surface area contributed by atoms with Crippen LogP contribution in [0.15, 0.2) is 0 Å². The molecule has 10 heteroatoms. The van der Waals surface area contributed by atoms with Crippen molar-refractivity contribution in [2.45, 2.75) is 71.5 Å². The highest BCUT2D eigenvalue weighted by atomic mass is 16.4. The summed E-state index contributed by atoms with van der Waals surface area (Å²) in [5.41, 5.74) is 11.2. The van der Waals surface area contributed by atoms with Crippen molar-refractivity contribution < 1.29 is 24.3 Å². The van der Waals surface area contributed by atoms with Crippen LogP contribution in [0.5, 0.6) is 0 Å². The van der Waals surface area contributed by atoms with Gasteiger partial charge in [0.05, 0.1) is 12.6 Å². The van der Waals surface area contributed by atoms with Crippen molar-refractivity contribution in [3.63, 3.8) is 0 Å². The summed E-state index contributed by atoms with van der Waals surface area (Å²) in [6.07, 6.45) is 2.04. The van der Waals surface area contributed by atoms with E-state index in [0.717, 1.165) is 0 Å². The van der Waals surface area contributed by atoms with Crippen LogP contribution in [0.3, 0.4) is 0 Å². The lowest BCUT2D eigenvalue weighted by Gasteiger charge is -2.23. The number of carbonyl (C=O) groups is 4. The molecule has 0 aliphatic rings. The Morgan fingerprint density at radius 2 is 1.59 bits per heavy atom. The first-order chi connectivity index (χ1) is 13.5.